The van der Waals surface area contributed by atoms with Gasteiger partial charge in [0, 0.05) is 28.1 Å². The van der Waals surface area contributed by atoms with Crippen LogP contribution in [-0.4, -0.2) is 12.4 Å². The quantitative estimate of drug-likeness (QED) is 0.513. The third-order valence-electron chi connectivity index (χ3n) is 3.72. The first-order valence-electron chi connectivity index (χ1n) is 7.55. The summed E-state index contributed by atoms with van der Waals surface area (Å²) in [5.41, 5.74) is 1.51. The Labute approximate surface area is 143 Å². The molecule has 0 amide bonds. The Bertz CT molecular complexity index is 942. The highest BCUT2D eigenvalue weighted by Gasteiger charge is 2.09. The van der Waals surface area contributed by atoms with E-state index in [9.17, 15) is 9.59 Å². The molecule has 122 valence electrons. The number of ether oxygens (including phenoxy) is 1. The van der Waals surface area contributed by atoms with Crippen LogP contribution in [0.15, 0.2) is 57.7 Å². The molecule has 2 aromatic carbocycles. The van der Waals surface area contributed by atoms with E-state index in [1.807, 2.05) is 13.0 Å². The van der Waals surface area contributed by atoms with Crippen molar-refractivity contribution >= 4 is 28.4 Å². The molecule has 1 aromatic heterocycles. The van der Waals surface area contributed by atoms with Gasteiger partial charge in [-0.15, -0.1) is 0 Å². The maximum absolute atomic E-state index is 12.1. The molecule has 0 saturated heterocycles. The zero-order valence-electron chi connectivity index (χ0n) is 13.0. The number of benzene rings is 2. The van der Waals surface area contributed by atoms with Crippen LogP contribution in [0.3, 0.4) is 0 Å². The first kappa shape index (κ1) is 16.3. The molecule has 1 heterocycles. The Morgan fingerprint density at radius 2 is 1.88 bits per heavy atom. The fourth-order valence-corrected chi connectivity index (χ4v) is 2.59. The normalized spacial score (nSPS) is 10.8. The smallest absolute Gasteiger partial charge is 0.336 e. The highest BCUT2D eigenvalue weighted by Crippen LogP contribution is 2.23. The number of hydrogen-bond donors (Lipinski definition) is 0. The van der Waals surface area contributed by atoms with E-state index >= 15 is 0 Å². The van der Waals surface area contributed by atoms with E-state index in [1.165, 1.54) is 6.07 Å². The maximum Gasteiger partial charge on any atom is 0.336 e. The summed E-state index contributed by atoms with van der Waals surface area (Å²) in [5, 5.41) is 1.44. The van der Waals surface area contributed by atoms with Gasteiger partial charge in [-0.25, -0.2) is 4.79 Å². The summed E-state index contributed by atoms with van der Waals surface area (Å²) < 4.78 is 10.7. The van der Waals surface area contributed by atoms with Crippen LogP contribution in [0, 0.1) is 0 Å². The molecular formula is C19H15ClO4. The SMILES string of the molecule is CCc1cc(=O)oc2cc(OCC(=O)c3ccc(Cl)cc3)ccc12. The first-order valence-corrected chi connectivity index (χ1v) is 7.93. The van der Waals surface area contributed by atoms with Gasteiger partial charge in [0.2, 0.25) is 0 Å². The molecule has 24 heavy (non-hydrogen) atoms. The van der Waals surface area contributed by atoms with E-state index in [0.717, 1.165) is 17.4 Å². The first-order chi connectivity index (χ1) is 11.6. The number of ketones is 1. The molecule has 3 aromatic rings. The molecule has 4 nitrogen and oxygen atoms in total. The minimum Gasteiger partial charge on any atom is -0.485 e. The van der Waals surface area contributed by atoms with Gasteiger partial charge < -0.3 is 9.15 Å². The summed E-state index contributed by atoms with van der Waals surface area (Å²) in [5.74, 6) is 0.316. The molecule has 0 aliphatic heterocycles. The average Bonchev–Trinajstić information content (AvgIpc) is 2.59. The van der Waals surface area contributed by atoms with Crippen molar-refractivity contribution in [1.29, 1.82) is 0 Å². The molecular weight excluding hydrogens is 328 g/mol. The van der Waals surface area contributed by atoms with Gasteiger partial charge in [0.15, 0.2) is 12.4 Å². The molecule has 0 radical (unpaired) electrons. The molecule has 5 heteroatoms. The number of rotatable bonds is 5. The molecule has 0 unspecified atom stereocenters. The summed E-state index contributed by atoms with van der Waals surface area (Å²) in [6.45, 7) is 1.87. The number of aryl methyl sites for hydroxylation is 1. The second kappa shape index (κ2) is 6.89. The Morgan fingerprint density at radius 1 is 1.12 bits per heavy atom. The van der Waals surface area contributed by atoms with Crippen LogP contribution in [0.25, 0.3) is 11.0 Å². The van der Waals surface area contributed by atoms with Crippen molar-refractivity contribution in [1.82, 2.24) is 0 Å². The second-order valence-electron chi connectivity index (χ2n) is 5.32. The van der Waals surface area contributed by atoms with E-state index < -0.39 is 5.63 Å². The van der Waals surface area contributed by atoms with Crippen molar-refractivity contribution in [3.05, 3.63) is 75.1 Å². The topological polar surface area (TPSA) is 56.5 Å². The molecule has 0 aliphatic rings. The fraction of sp³-hybridized carbons (Fsp3) is 0.158. The highest BCUT2D eigenvalue weighted by atomic mass is 35.5. The molecule has 0 fully saturated rings. The minimum atomic E-state index is -0.395. The Hall–Kier alpha value is -2.59. The maximum atomic E-state index is 12.1. The van der Waals surface area contributed by atoms with Crippen LogP contribution >= 0.6 is 11.6 Å². The van der Waals surface area contributed by atoms with Gasteiger partial charge >= 0.3 is 5.63 Å². The van der Waals surface area contributed by atoms with Crippen molar-refractivity contribution < 1.29 is 13.9 Å². The van der Waals surface area contributed by atoms with E-state index in [4.69, 9.17) is 20.8 Å². The van der Waals surface area contributed by atoms with E-state index in [-0.39, 0.29) is 12.4 Å². The van der Waals surface area contributed by atoms with Crippen LogP contribution in [0.4, 0.5) is 0 Å². The van der Waals surface area contributed by atoms with Crippen LogP contribution < -0.4 is 10.4 Å². The van der Waals surface area contributed by atoms with Crippen molar-refractivity contribution in [2.45, 2.75) is 13.3 Å². The Kier molecular flexibility index (Phi) is 4.67. The summed E-state index contributed by atoms with van der Waals surface area (Å²) >= 11 is 5.80. The molecule has 0 spiro atoms. The number of carbonyl (C=O) groups is 1. The lowest BCUT2D eigenvalue weighted by molar-refractivity contribution is 0.0921. The molecule has 0 N–H and O–H groups in total. The molecule has 0 aliphatic carbocycles. The second-order valence-corrected chi connectivity index (χ2v) is 5.76. The summed E-state index contributed by atoms with van der Waals surface area (Å²) in [7, 11) is 0. The van der Waals surface area contributed by atoms with Crippen LogP contribution in [0.1, 0.15) is 22.8 Å². The largest absolute Gasteiger partial charge is 0.485 e. The van der Waals surface area contributed by atoms with Gasteiger partial charge in [-0.05, 0) is 48.4 Å². The van der Waals surface area contributed by atoms with Crippen LogP contribution in [0.2, 0.25) is 5.02 Å². The van der Waals surface area contributed by atoms with Gasteiger partial charge in [0.1, 0.15) is 11.3 Å². The predicted molar refractivity (Wildman–Crippen MR) is 93.1 cm³/mol. The van der Waals surface area contributed by atoms with Crippen molar-refractivity contribution in [3.8, 4) is 5.75 Å². The highest BCUT2D eigenvalue weighted by molar-refractivity contribution is 6.30. The summed E-state index contributed by atoms with van der Waals surface area (Å²) in [4.78, 5) is 23.7. The van der Waals surface area contributed by atoms with Gasteiger partial charge in [-0.3, -0.25) is 4.79 Å². The zero-order chi connectivity index (χ0) is 17.1. The van der Waals surface area contributed by atoms with Crippen molar-refractivity contribution in [3.63, 3.8) is 0 Å². The third kappa shape index (κ3) is 3.49. The predicted octanol–water partition coefficient (Wildman–Crippen LogP) is 4.27. The lowest BCUT2D eigenvalue weighted by Crippen LogP contribution is -2.11. The average molecular weight is 343 g/mol. The van der Waals surface area contributed by atoms with Crippen LogP contribution in [-0.2, 0) is 6.42 Å². The number of hydrogen-bond acceptors (Lipinski definition) is 4. The lowest BCUT2D eigenvalue weighted by Gasteiger charge is -2.08. The van der Waals surface area contributed by atoms with Crippen LogP contribution in [0.5, 0.6) is 5.75 Å². The van der Waals surface area contributed by atoms with E-state index in [0.29, 0.717) is 21.9 Å². The van der Waals surface area contributed by atoms with E-state index in [1.54, 1.807) is 36.4 Å². The van der Waals surface area contributed by atoms with E-state index in [2.05, 4.69) is 0 Å². The third-order valence-corrected chi connectivity index (χ3v) is 3.97. The van der Waals surface area contributed by atoms with Gasteiger partial charge in [0.05, 0.1) is 0 Å². The van der Waals surface area contributed by atoms with Gasteiger partial charge in [-0.1, -0.05) is 18.5 Å². The number of fused-ring (bicyclic) bond motifs is 1. The van der Waals surface area contributed by atoms with Crippen molar-refractivity contribution in [2.75, 3.05) is 6.61 Å². The molecule has 0 atom stereocenters. The summed E-state index contributed by atoms with van der Waals surface area (Å²) in [6, 6.07) is 13.3. The molecule has 3 rings (SSSR count). The Balaban J connectivity index is 1.79. The monoisotopic (exact) mass is 342 g/mol. The number of carbonyl (C=O) groups excluding carboxylic acids is 1. The van der Waals surface area contributed by atoms with Gasteiger partial charge in [-0.2, -0.15) is 0 Å². The van der Waals surface area contributed by atoms with Crippen molar-refractivity contribution in [2.24, 2.45) is 0 Å². The molecule has 0 saturated carbocycles. The number of Topliss-reactive ketones (excluding diaryl/α,β-unsaturated/α-hetero) is 1. The number of halogens is 1. The standard InChI is InChI=1S/C19H15ClO4/c1-2-12-9-19(22)24-18-10-15(7-8-16(12)18)23-11-17(21)13-3-5-14(20)6-4-13/h3-10H,2,11H2,1H3. The lowest BCUT2D eigenvalue weighted by atomic mass is 10.1. The summed E-state index contributed by atoms with van der Waals surface area (Å²) in [6.07, 6.45) is 0.733. The minimum absolute atomic E-state index is 0.106. The Morgan fingerprint density at radius 3 is 2.58 bits per heavy atom. The fourth-order valence-electron chi connectivity index (χ4n) is 2.46. The van der Waals surface area contributed by atoms with Gasteiger partial charge in [0.25, 0.3) is 0 Å². The molecule has 0 bridgehead atoms. The zero-order valence-corrected chi connectivity index (χ0v) is 13.8.